The van der Waals surface area contributed by atoms with E-state index in [0.29, 0.717) is 23.6 Å². The molecule has 0 saturated heterocycles. The topological polar surface area (TPSA) is 92.4 Å². The van der Waals surface area contributed by atoms with Gasteiger partial charge in [-0.25, -0.2) is 0 Å². The lowest BCUT2D eigenvalue weighted by molar-refractivity contribution is -0.137. The number of rotatable bonds is 8. The fourth-order valence-electron chi connectivity index (χ4n) is 1.92. The zero-order chi connectivity index (χ0) is 16.0. The molecule has 0 aliphatic carbocycles. The van der Waals surface area contributed by atoms with Gasteiger partial charge in [0, 0.05) is 18.5 Å². The van der Waals surface area contributed by atoms with Crippen LogP contribution in [0, 0.1) is 5.41 Å². The van der Waals surface area contributed by atoms with E-state index in [1.807, 2.05) is 13.8 Å². The molecule has 0 aromatic heterocycles. The first-order valence-electron chi connectivity index (χ1n) is 6.76. The van der Waals surface area contributed by atoms with E-state index in [1.165, 1.54) is 6.07 Å². The van der Waals surface area contributed by atoms with Crippen LogP contribution in [0.2, 0.25) is 5.02 Å². The van der Waals surface area contributed by atoms with Gasteiger partial charge >= 0.3 is 5.97 Å². The summed E-state index contributed by atoms with van der Waals surface area (Å²) >= 11 is 6.08. The minimum atomic E-state index is -0.777. The number of carboxylic acid groups (broad SMARTS) is 1. The number of halogens is 1. The predicted molar refractivity (Wildman–Crippen MR) is 83.7 cm³/mol. The highest BCUT2D eigenvalue weighted by Crippen LogP contribution is 2.28. The molecule has 5 nitrogen and oxygen atoms in total. The Morgan fingerprint density at radius 2 is 2.00 bits per heavy atom. The van der Waals surface area contributed by atoms with Crippen LogP contribution >= 0.6 is 11.6 Å². The summed E-state index contributed by atoms with van der Waals surface area (Å²) in [5.41, 5.74) is 6.22. The van der Waals surface area contributed by atoms with Crippen molar-refractivity contribution < 1.29 is 14.7 Å². The maximum absolute atomic E-state index is 11.0. The summed E-state index contributed by atoms with van der Waals surface area (Å²) in [7, 11) is 0. The third-order valence-corrected chi connectivity index (χ3v) is 3.70. The predicted octanol–water partition coefficient (Wildman–Crippen LogP) is 3.13. The second-order valence-electron chi connectivity index (χ2n) is 5.79. The molecule has 0 atom stereocenters. The molecule has 6 heteroatoms. The van der Waals surface area contributed by atoms with Gasteiger partial charge in [-0.2, -0.15) is 0 Å². The third-order valence-electron chi connectivity index (χ3n) is 3.39. The van der Waals surface area contributed by atoms with Crippen molar-refractivity contribution in [2.45, 2.75) is 33.1 Å². The Bertz CT molecular complexity index is 530. The number of benzene rings is 1. The van der Waals surface area contributed by atoms with E-state index in [4.69, 9.17) is 22.4 Å². The van der Waals surface area contributed by atoms with Crippen LogP contribution in [0.25, 0.3) is 0 Å². The highest BCUT2D eigenvalue weighted by molar-refractivity contribution is 6.33. The maximum Gasteiger partial charge on any atom is 0.303 e. The van der Waals surface area contributed by atoms with Gasteiger partial charge in [0.1, 0.15) is 0 Å². The van der Waals surface area contributed by atoms with E-state index in [2.05, 4.69) is 5.32 Å². The number of aliphatic carboxylic acids is 1. The summed E-state index contributed by atoms with van der Waals surface area (Å²) in [6.45, 7) is 4.74. The number of primary amides is 1. The van der Waals surface area contributed by atoms with Crippen LogP contribution in [-0.4, -0.2) is 23.5 Å². The fourth-order valence-corrected chi connectivity index (χ4v) is 2.16. The van der Waals surface area contributed by atoms with E-state index in [9.17, 15) is 9.59 Å². The molecular formula is C15H21ClN2O3. The maximum atomic E-state index is 11.0. The summed E-state index contributed by atoms with van der Waals surface area (Å²) in [6.07, 6.45) is 1.60. The lowest BCUT2D eigenvalue weighted by Gasteiger charge is -2.24. The van der Waals surface area contributed by atoms with Crippen LogP contribution in [0.5, 0.6) is 0 Å². The number of hydrogen-bond acceptors (Lipinski definition) is 3. The molecule has 0 aliphatic heterocycles. The smallest absolute Gasteiger partial charge is 0.303 e. The summed E-state index contributed by atoms with van der Waals surface area (Å²) in [6, 6.07) is 4.86. The summed E-state index contributed by atoms with van der Waals surface area (Å²) in [5.74, 6) is -1.29. The lowest BCUT2D eigenvalue weighted by Crippen LogP contribution is -2.18. The van der Waals surface area contributed by atoms with Crippen molar-refractivity contribution in [3.63, 3.8) is 0 Å². The zero-order valence-corrected chi connectivity index (χ0v) is 13.0. The molecule has 0 heterocycles. The Kier molecular flexibility index (Phi) is 6.03. The van der Waals surface area contributed by atoms with Crippen molar-refractivity contribution in [1.29, 1.82) is 0 Å². The number of carboxylic acids is 1. The van der Waals surface area contributed by atoms with Gasteiger partial charge in [0.2, 0.25) is 5.91 Å². The van der Waals surface area contributed by atoms with Crippen molar-refractivity contribution in [2.75, 3.05) is 11.9 Å². The summed E-state index contributed by atoms with van der Waals surface area (Å²) < 4.78 is 0. The number of carbonyl (C=O) groups is 2. The molecule has 116 valence electrons. The normalized spacial score (nSPS) is 11.2. The van der Waals surface area contributed by atoms with Crippen LogP contribution in [0.4, 0.5) is 5.69 Å². The average molecular weight is 313 g/mol. The highest BCUT2D eigenvalue weighted by atomic mass is 35.5. The van der Waals surface area contributed by atoms with Gasteiger partial charge in [-0.3, -0.25) is 9.59 Å². The first-order chi connectivity index (χ1) is 9.71. The van der Waals surface area contributed by atoms with Crippen LogP contribution in [-0.2, 0) is 4.79 Å². The number of anilines is 1. The Balaban J connectivity index is 2.52. The summed E-state index contributed by atoms with van der Waals surface area (Å²) in [4.78, 5) is 21.6. The monoisotopic (exact) mass is 312 g/mol. The first-order valence-corrected chi connectivity index (χ1v) is 7.14. The number of hydrogen-bond donors (Lipinski definition) is 3. The number of amides is 1. The van der Waals surface area contributed by atoms with Crippen LogP contribution in [0.3, 0.4) is 0 Å². The van der Waals surface area contributed by atoms with E-state index >= 15 is 0 Å². The van der Waals surface area contributed by atoms with Gasteiger partial charge in [-0.1, -0.05) is 25.4 Å². The molecule has 0 bridgehead atoms. The van der Waals surface area contributed by atoms with E-state index in [0.717, 1.165) is 12.1 Å². The van der Waals surface area contributed by atoms with Gasteiger partial charge < -0.3 is 16.2 Å². The molecule has 0 spiro atoms. The average Bonchev–Trinajstić information content (AvgIpc) is 2.38. The minimum Gasteiger partial charge on any atom is -0.481 e. The molecule has 1 aromatic rings. The van der Waals surface area contributed by atoms with E-state index < -0.39 is 11.9 Å². The van der Waals surface area contributed by atoms with Crippen molar-refractivity contribution in [2.24, 2.45) is 11.1 Å². The molecular weight excluding hydrogens is 292 g/mol. The zero-order valence-electron chi connectivity index (χ0n) is 12.3. The number of nitrogens with one attached hydrogen (secondary N) is 1. The van der Waals surface area contributed by atoms with Crippen molar-refractivity contribution in [3.8, 4) is 0 Å². The fraction of sp³-hybridized carbons (Fsp3) is 0.467. The Morgan fingerprint density at radius 1 is 1.33 bits per heavy atom. The quantitative estimate of drug-likeness (QED) is 0.687. The SMILES string of the molecule is CC(C)(CCNc1ccc(C(N)=O)cc1Cl)CCC(=O)O. The number of carbonyl (C=O) groups excluding carboxylic acids is 1. The van der Waals surface area contributed by atoms with Crippen LogP contribution in [0.15, 0.2) is 18.2 Å². The van der Waals surface area contributed by atoms with Gasteiger partial charge in [0.25, 0.3) is 0 Å². The standard InChI is InChI=1S/C15H21ClN2O3/c1-15(2,6-5-13(19)20)7-8-18-12-4-3-10(14(17)21)9-11(12)16/h3-4,9,18H,5-8H2,1-2H3,(H2,17,21)(H,19,20). The molecule has 1 amide bonds. The highest BCUT2D eigenvalue weighted by Gasteiger charge is 2.18. The second-order valence-corrected chi connectivity index (χ2v) is 6.20. The number of nitrogens with two attached hydrogens (primary N) is 1. The molecule has 21 heavy (non-hydrogen) atoms. The van der Waals surface area contributed by atoms with Crippen molar-refractivity contribution in [3.05, 3.63) is 28.8 Å². The third kappa shape index (κ3) is 6.04. The molecule has 0 aliphatic rings. The van der Waals surface area contributed by atoms with Crippen molar-refractivity contribution >= 4 is 29.2 Å². The van der Waals surface area contributed by atoms with E-state index in [1.54, 1.807) is 12.1 Å². The van der Waals surface area contributed by atoms with Gasteiger partial charge in [0.05, 0.1) is 10.7 Å². The lowest BCUT2D eigenvalue weighted by atomic mass is 9.84. The molecule has 0 fully saturated rings. The summed E-state index contributed by atoms with van der Waals surface area (Å²) in [5, 5.41) is 12.3. The minimum absolute atomic E-state index is 0.0645. The van der Waals surface area contributed by atoms with Crippen molar-refractivity contribution in [1.82, 2.24) is 0 Å². The van der Waals surface area contributed by atoms with Gasteiger partial charge in [-0.05, 0) is 36.5 Å². The van der Waals surface area contributed by atoms with E-state index in [-0.39, 0.29) is 11.8 Å². The molecule has 1 aromatic carbocycles. The molecule has 0 saturated carbocycles. The molecule has 0 radical (unpaired) electrons. The molecule has 1 rings (SSSR count). The Labute approximate surface area is 129 Å². The van der Waals surface area contributed by atoms with Gasteiger partial charge in [-0.15, -0.1) is 0 Å². The molecule has 4 N–H and O–H groups in total. The Morgan fingerprint density at radius 3 is 2.52 bits per heavy atom. The first kappa shape index (κ1) is 17.3. The largest absolute Gasteiger partial charge is 0.481 e. The molecule has 0 unspecified atom stereocenters. The van der Waals surface area contributed by atoms with Crippen LogP contribution in [0.1, 0.15) is 43.5 Å². The van der Waals surface area contributed by atoms with Gasteiger partial charge in [0.15, 0.2) is 0 Å². The Hall–Kier alpha value is -1.75. The van der Waals surface area contributed by atoms with Crippen LogP contribution < -0.4 is 11.1 Å². The second kappa shape index (κ2) is 7.31.